The van der Waals surface area contributed by atoms with Crippen LogP contribution < -0.4 is 4.74 Å². The summed E-state index contributed by atoms with van der Waals surface area (Å²) in [6.07, 6.45) is 0.257. The van der Waals surface area contributed by atoms with Gasteiger partial charge in [0.1, 0.15) is 12.4 Å². The minimum absolute atomic E-state index is 0.000839. The fourth-order valence-electron chi connectivity index (χ4n) is 1.93. The molecule has 2 rings (SSSR count). The Morgan fingerprint density at radius 1 is 1.27 bits per heavy atom. The van der Waals surface area contributed by atoms with Gasteiger partial charge in [-0.3, -0.25) is 14.9 Å². The van der Waals surface area contributed by atoms with Crippen molar-refractivity contribution in [2.24, 2.45) is 0 Å². The van der Waals surface area contributed by atoms with E-state index in [9.17, 15) is 19.3 Å². The third-order valence-electron chi connectivity index (χ3n) is 3.14. The molecule has 6 heteroatoms. The SMILES string of the molecule is CCC(=O)c1ccc(OCc2ccccc2F)c([N+](=O)[O-])c1. The Balaban J connectivity index is 2.25. The van der Waals surface area contributed by atoms with E-state index in [-0.39, 0.29) is 35.8 Å². The quantitative estimate of drug-likeness (QED) is 0.461. The number of benzene rings is 2. The van der Waals surface area contributed by atoms with Crippen LogP contribution in [0.2, 0.25) is 0 Å². The molecule has 2 aromatic carbocycles. The van der Waals surface area contributed by atoms with Crippen molar-refractivity contribution in [1.29, 1.82) is 0 Å². The molecule has 0 N–H and O–H groups in total. The number of halogens is 1. The summed E-state index contributed by atoms with van der Waals surface area (Å²) >= 11 is 0. The number of carbonyl (C=O) groups excluding carboxylic acids is 1. The summed E-state index contributed by atoms with van der Waals surface area (Å²) < 4.78 is 18.8. The van der Waals surface area contributed by atoms with Gasteiger partial charge in [0.05, 0.1) is 4.92 Å². The predicted octanol–water partition coefficient (Wildman–Crippen LogP) is 3.91. The number of Topliss-reactive ketones (excluding diaryl/α,β-unsaturated/α-hetero) is 1. The third-order valence-corrected chi connectivity index (χ3v) is 3.14. The van der Waals surface area contributed by atoms with E-state index >= 15 is 0 Å². The highest BCUT2D eigenvalue weighted by Gasteiger charge is 2.18. The predicted molar refractivity (Wildman–Crippen MR) is 78.4 cm³/mol. The van der Waals surface area contributed by atoms with Crippen molar-refractivity contribution in [3.05, 3.63) is 69.5 Å². The molecule has 0 saturated carbocycles. The van der Waals surface area contributed by atoms with Gasteiger partial charge in [-0.2, -0.15) is 0 Å². The van der Waals surface area contributed by atoms with Crippen LogP contribution in [0.4, 0.5) is 10.1 Å². The van der Waals surface area contributed by atoms with Crippen LogP contribution in [0.15, 0.2) is 42.5 Å². The second-order valence-electron chi connectivity index (χ2n) is 4.60. The lowest BCUT2D eigenvalue weighted by molar-refractivity contribution is -0.386. The molecule has 2 aromatic rings. The summed E-state index contributed by atoms with van der Waals surface area (Å²) in [5.41, 5.74) is 0.244. The summed E-state index contributed by atoms with van der Waals surface area (Å²) in [7, 11) is 0. The fourth-order valence-corrected chi connectivity index (χ4v) is 1.93. The molecular weight excluding hydrogens is 289 g/mol. The number of nitrogens with zero attached hydrogens (tertiary/aromatic N) is 1. The highest BCUT2D eigenvalue weighted by Crippen LogP contribution is 2.29. The molecule has 0 aliphatic heterocycles. The van der Waals surface area contributed by atoms with E-state index in [0.29, 0.717) is 5.56 Å². The zero-order valence-corrected chi connectivity index (χ0v) is 11.9. The van der Waals surface area contributed by atoms with Crippen LogP contribution >= 0.6 is 0 Å². The van der Waals surface area contributed by atoms with Crippen LogP contribution in [0, 0.1) is 15.9 Å². The van der Waals surface area contributed by atoms with Gasteiger partial charge in [-0.15, -0.1) is 0 Å². The molecule has 0 atom stereocenters. The van der Waals surface area contributed by atoms with Gasteiger partial charge in [0.25, 0.3) is 0 Å². The van der Waals surface area contributed by atoms with Crippen LogP contribution in [0.3, 0.4) is 0 Å². The Hall–Kier alpha value is -2.76. The summed E-state index contributed by atoms with van der Waals surface area (Å²) in [4.78, 5) is 22.1. The Morgan fingerprint density at radius 3 is 2.64 bits per heavy atom. The molecule has 0 bridgehead atoms. The maximum absolute atomic E-state index is 13.5. The molecule has 0 fully saturated rings. The summed E-state index contributed by atoms with van der Waals surface area (Å²) in [6, 6.07) is 10.0. The number of ether oxygens (including phenoxy) is 1. The van der Waals surface area contributed by atoms with E-state index in [1.807, 2.05) is 0 Å². The first-order valence-electron chi connectivity index (χ1n) is 6.70. The second kappa shape index (κ2) is 6.80. The lowest BCUT2D eigenvalue weighted by Crippen LogP contribution is -2.03. The number of hydrogen-bond donors (Lipinski definition) is 0. The Kier molecular flexibility index (Phi) is 4.83. The van der Waals surface area contributed by atoms with Crippen molar-refractivity contribution in [1.82, 2.24) is 0 Å². The fraction of sp³-hybridized carbons (Fsp3) is 0.188. The molecular formula is C16H14FNO4. The average Bonchev–Trinajstić information content (AvgIpc) is 2.53. The van der Waals surface area contributed by atoms with Gasteiger partial charge < -0.3 is 4.74 Å². The van der Waals surface area contributed by atoms with Crippen LogP contribution in [0.5, 0.6) is 5.75 Å². The van der Waals surface area contributed by atoms with Gasteiger partial charge in [0.2, 0.25) is 0 Å². The van der Waals surface area contributed by atoms with Gasteiger partial charge in [0.15, 0.2) is 11.5 Å². The first-order chi connectivity index (χ1) is 10.5. The number of nitro benzene ring substituents is 1. The second-order valence-corrected chi connectivity index (χ2v) is 4.60. The largest absolute Gasteiger partial charge is 0.482 e. The van der Waals surface area contributed by atoms with Crippen LogP contribution in [0.1, 0.15) is 29.3 Å². The van der Waals surface area contributed by atoms with Crippen molar-refractivity contribution < 1.29 is 18.8 Å². The minimum Gasteiger partial charge on any atom is -0.482 e. The maximum Gasteiger partial charge on any atom is 0.311 e. The van der Waals surface area contributed by atoms with Gasteiger partial charge in [-0.25, -0.2) is 4.39 Å². The molecule has 0 saturated heterocycles. The van der Waals surface area contributed by atoms with Crippen LogP contribution in [-0.4, -0.2) is 10.7 Å². The highest BCUT2D eigenvalue weighted by atomic mass is 19.1. The topological polar surface area (TPSA) is 69.4 Å². The number of rotatable bonds is 6. The number of ketones is 1. The van der Waals surface area contributed by atoms with Gasteiger partial charge >= 0.3 is 5.69 Å². The monoisotopic (exact) mass is 303 g/mol. The van der Waals surface area contributed by atoms with E-state index in [1.165, 1.54) is 30.3 Å². The van der Waals surface area contributed by atoms with Crippen molar-refractivity contribution >= 4 is 11.5 Å². The highest BCUT2D eigenvalue weighted by molar-refractivity contribution is 5.96. The molecule has 22 heavy (non-hydrogen) atoms. The lowest BCUT2D eigenvalue weighted by Gasteiger charge is -2.08. The molecule has 114 valence electrons. The molecule has 5 nitrogen and oxygen atoms in total. The van der Waals surface area contributed by atoms with Crippen LogP contribution in [-0.2, 0) is 6.61 Å². The number of hydrogen-bond acceptors (Lipinski definition) is 4. The first-order valence-corrected chi connectivity index (χ1v) is 6.70. The smallest absolute Gasteiger partial charge is 0.311 e. The number of carbonyl (C=O) groups is 1. The summed E-state index contributed by atoms with van der Waals surface area (Å²) in [5, 5.41) is 11.1. The molecule has 0 spiro atoms. The number of nitro groups is 1. The van der Waals surface area contributed by atoms with E-state index in [2.05, 4.69) is 0 Å². The van der Waals surface area contributed by atoms with Gasteiger partial charge in [0, 0.05) is 23.6 Å². The first kappa shape index (κ1) is 15.6. The van der Waals surface area contributed by atoms with Gasteiger partial charge in [-0.05, 0) is 18.2 Å². The lowest BCUT2D eigenvalue weighted by atomic mass is 10.1. The van der Waals surface area contributed by atoms with Gasteiger partial charge in [-0.1, -0.05) is 25.1 Å². The molecule has 0 heterocycles. The maximum atomic E-state index is 13.5. The van der Waals surface area contributed by atoms with Crippen molar-refractivity contribution in [2.75, 3.05) is 0 Å². The molecule has 0 aliphatic carbocycles. The summed E-state index contributed by atoms with van der Waals surface area (Å²) in [5.74, 6) is -0.632. The van der Waals surface area contributed by atoms with E-state index in [4.69, 9.17) is 4.74 Å². The minimum atomic E-state index is -0.622. The Bertz CT molecular complexity index is 715. The zero-order valence-electron chi connectivity index (χ0n) is 11.9. The van der Waals surface area contributed by atoms with E-state index in [0.717, 1.165) is 0 Å². The standard InChI is InChI=1S/C16H14FNO4/c1-2-15(19)11-7-8-16(14(9-11)18(20)21)22-10-12-5-3-4-6-13(12)17/h3-9H,2,10H2,1H3. The zero-order chi connectivity index (χ0) is 16.1. The molecule has 0 aliphatic rings. The summed E-state index contributed by atoms with van der Waals surface area (Å²) in [6.45, 7) is 1.55. The Morgan fingerprint density at radius 2 is 2.00 bits per heavy atom. The normalized spacial score (nSPS) is 10.3. The van der Waals surface area contributed by atoms with Crippen molar-refractivity contribution in [3.63, 3.8) is 0 Å². The third kappa shape index (κ3) is 3.46. The molecule has 0 unspecified atom stereocenters. The van der Waals surface area contributed by atoms with E-state index < -0.39 is 10.7 Å². The van der Waals surface area contributed by atoms with Crippen molar-refractivity contribution in [2.45, 2.75) is 20.0 Å². The molecule has 0 amide bonds. The molecule has 0 radical (unpaired) electrons. The Labute approximate surface area is 126 Å². The average molecular weight is 303 g/mol. The van der Waals surface area contributed by atoms with E-state index in [1.54, 1.807) is 19.1 Å². The van der Waals surface area contributed by atoms with Crippen LogP contribution in [0.25, 0.3) is 0 Å². The van der Waals surface area contributed by atoms with Crippen molar-refractivity contribution in [3.8, 4) is 5.75 Å². The molecule has 0 aromatic heterocycles.